The summed E-state index contributed by atoms with van der Waals surface area (Å²) in [6.45, 7) is 0.126. The largest absolute Gasteiger partial charge is 0.416 e. The standard InChI is InChI=1S/C25H19ClF4N2O2/c26-20-10-6-17(7-11-20)23-13-22(34-31-23)15-32(24(33)18-2-1-3-21(27)12-18)14-16-4-8-19(9-5-16)25(28,29)30/h1-12,22H,13-15H2/t22-/m1/s1. The van der Waals surface area contributed by atoms with Gasteiger partial charge in [-0.05, 0) is 53.6 Å². The van der Waals surface area contributed by atoms with Gasteiger partial charge in [0.05, 0.1) is 17.8 Å². The lowest BCUT2D eigenvalue weighted by Gasteiger charge is -2.25. The van der Waals surface area contributed by atoms with Crippen LogP contribution >= 0.6 is 11.6 Å². The van der Waals surface area contributed by atoms with Crippen LogP contribution in [0.1, 0.15) is 33.5 Å². The highest BCUT2D eigenvalue weighted by Crippen LogP contribution is 2.29. The van der Waals surface area contributed by atoms with Crippen molar-refractivity contribution in [3.05, 3.63) is 106 Å². The van der Waals surface area contributed by atoms with E-state index in [1.807, 2.05) is 12.1 Å². The number of nitrogens with zero attached hydrogens (tertiary/aromatic N) is 2. The summed E-state index contributed by atoms with van der Waals surface area (Å²) in [5.41, 5.74) is 1.37. The van der Waals surface area contributed by atoms with Gasteiger partial charge in [-0.3, -0.25) is 4.79 Å². The Kier molecular flexibility index (Phi) is 6.88. The normalized spacial score (nSPS) is 15.6. The first-order valence-electron chi connectivity index (χ1n) is 10.4. The van der Waals surface area contributed by atoms with Crippen molar-refractivity contribution in [1.29, 1.82) is 0 Å². The molecule has 0 N–H and O–H groups in total. The van der Waals surface area contributed by atoms with Crippen LogP contribution in [0, 0.1) is 5.82 Å². The Bertz CT molecular complexity index is 1190. The van der Waals surface area contributed by atoms with Crippen molar-refractivity contribution >= 4 is 23.2 Å². The first-order valence-corrected chi connectivity index (χ1v) is 10.8. The van der Waals surface area contributed by atoms with Gasteiger partial charge < -0.3 is 9.74 Å². The molecule has 4 nitrogen and oxygen atoms in total. The van der Waals surface area contributed by atoms with Crippen molar-refractivity contribution in [2.75, 3.05) is 6.54 Å². The molecule has 0 aliphatic carbocycles. The third kappa shape index (κ3) is 5.75. The summed E-state index contributed by atoms with van der Waals surface area (Å²) >= 11 is 5.93. The molecule has 1 aliphatic heterocycles. The Hall–Kier alpha value is -3.39. The van der Waals surface area contributed by atoms with Gasteiger partial charge in [0.25, 0.3) is 5.91 Å². The third-order valence-electron chi connectivity index (χ3n) is 5.35. The van der Waals surface area contributed by atoms with E-state index in [0.29, 0.717) is 22.7 Å². The van der Waals surface area contributed by atoms with Gasteiger partial charge in [0.15, 0.2) is 6.10 Å². The number of carbonyl (C=O) groups excluding carboxylic acids is 1. The molecule has 0 fully saturated rings. The molecule has 1 atom stereocenters. The number of benzene rings is 3. The second kappa shape index (κ2) is 9.85. The number of carbonyl (C=O) groups is 1. The highest BCUT2D eigenvalue weighted by atomic mass is 35.5. The molecule has 1 amide bonds. The lowest BCUT2D eigenvalue weighted by Crippen LogP contribution is -2.37. The van der Waals surface area contributed by atoms with Gasteiger partial charge in [-0.15, -0.1) is 0 Å². The minimum Gasteiger partial charge on any atom is -0.390 e. The maximum Gasteiger partial charge on any atom is 0.416 e. The van der Waals surface area contributed by atoms with Crippen LogP contribution in [0.4, 0.5) is 17.6 Å². The first-order chi connectivity index (χ1) is 16.2. The number of hydrogen-bond acceptors (Lipinski definition) is 3. The average Bonchev–Trinajstić information content (AvgIpc) is 3.27. The van der Waals surface area contributed by atoms with Crippen molar-refractivity contribution < 1.29 is 27.2 Å². The molecule has 9 heteroatoms. The molecule has 0 unspecified atom stereocenters. The van der Waals surface area contributed by atoms with Crippen molar-refractivity contribution in [2.45, 2.75) is 25.2 Å². The highest BCUT2D eigenvalue weighted by molar-refractivity contribution is 6.30. The van der Waals surface area contributed by atoms with Gasteiger partial charge in [0.2, 0.25) is 0 Å². The number of alkyl halides is 3. The summed E-state index contributed by atoms with van der Waals surface area (Å²) in [5, 5.41) is 4.70. The molecule has 0 spiro atoms. The van der Waals surface area contributed by atoms with E-state index < -0.39 is 29.6 Å². The molecular formula is C25H19ClF4N2O2. The van der Waals surface area contributed by atoms with Crippen LogP contribution < -0.4 is 0 Å². The Morgan fingerprint density at radius 3 is 2.41 bits per heavy atom. The molecule has 176 valence electrons. The lowest BCUT2D eigenvalue weighted by atomic mass is 10.0. The first kappa shape index (κ1) is 23.8. The van der Waals surface area contributed by atoms with Gasteiger partial charge in [-0.2, -0.15) is 13.2 Å². The molecule has 1 heterocycles. The van der Waals surface area contributed by atoms with Crippen LogP contribution in [0.25, 0.3) is 0 Å². The summed E-state index contributed by atoms with van der Waals surface area (Å²) < 4.78 is 52.4. The van der Waals surface area contributed by atoms with Gasteiger partial charge in [-0.25, -0.2) is 4.39 Å². The van der Waals surface area contributed by atoms with Crippen LogP contribution in [0.5, 0.6) is 0 Å². The minimum absolute atomic E-state index is 0.0175. The van der Waals surface area contributed by atoms with E-state index in [1.54, 1.807) is 12.1 Å². The molecule has 0 aromatic heterocycles. The van der Waals surface area contributed by atoms with Crippen LogP contribution in [-0.2, 0) is 17.6 Å². The zero-order valence-corrected chi connectivity index (χ0v) is 18.5. The van der Waals surface area contributed by atoms with Crippen molar-refractivity contribution in [2.24, 2.45) is 5.16 Å². The number of oxime groups is 1. The van der Waals surface area contributed by atoms with Gasteiger partial charge in [0, 0.05) is 23.6 Å². The van der Waals surface area contributed by atoms with E-state index in [-0.39, 0.29) is 18.7 Å². The summed E-state index contributed by atoms with van der Waals surface area (Å²) in [5.74, 6) is -1.03. The Morgan fingerprint density at radius 1 is 1.06 bits per heavy atom. The predicted molar refractivity (Wildman–Crippen MR) is 120 cm³/mol. The second-order valence-corrected chi connectivity index (χ2v) is 8.30. The highest BCUT2D eigenvalue weighted by Gasteiger charge is 2.31. The number of hydrogen-bond donors (Lipinski definition) is 0. The molecule has 0 radical (unpaired) electrons. The Morgan fingerprint density at radius 2 is 1.76 bits per heavy atom. The molecule has 3 aromatic rings. The number of amides is 1. The van der Waals surface area contributed by atoms with Gasteiger partial charge in [-0.1, -0.05) is 47.1 Å². The Balaban J connectivity index is 1.52. The second-order valence-electron chi connectivity index (χ2n) is 7.87. The summed E-state index contributed by atoms with van der Waals surface area (Å²) in [6, 6.07) is 16.9. The van der Waals surface area contributed by atoms with Gasteiger partial charge >= 0.3 is 6.18 Å². The molecule has 1 aliphatic rings. The van der Waals surface area contributed by atoms with Crippen LogP contribution in [-0.4, -0.2) is 29.2 Å². The molecule has 4 rings (SSSR count). The summed E-state index contributed by atoms with van der Waals surface area (Å²) in [6.07, 6.45) is -4.51. The molecule has 3 aromatic carbocycles. The zero-order chi connectivity index (χ0) is 24.3. The zero-order valence-electron chi connectivity index (χ0n) is 17.7. The molecule has 0 saturated carbocycles. The third-order valence-corrected chi connectivity index (χ3v) is 5.60. The van der Waals surface area contributed by atoms with Crippen molar-refractivity contribution in [3.63, 3.8) is 0 Å². The predicted octanol–water partition coefficient (Wildman–Crippen LogP) is 6.33. The quantitative estimate of drug-likeness (QED) is 0.379. The fourth-order valence-corrected chi connectivity index (χ4v) is 3.75. The smallest absolute Gasteiger partial charge is 0.390 e. The SMILES string of the molecule is O=C(c1cccc(F)c1)N(Cc1ccc(C(F)(F)F)cc1)C[C@H]1CC(c2ccc(Cl)cc2)=NO1. The minimum atomic E-state index is -4.46. The lowest BCUT2D eigenvalue weighted by molar-refractivity contribution is -0.137. The number of rotatable bonds is 6. The fourth-order valence-electron chi connectivity index (χ4n) is 3.63. The maximum atomic E-state index is 13.7. The molecule has 0 bridgehead atoms. The monoisotopic (exact) mass is 490 g/mol. The topological polar surface area (TPSA) is 41.9 Å². The van der Waals surface area contributed by atoms with Crippen LogP contribution in [0.2, 0.25) is 5.02 Å². The van der Waals surface area contributed by atoms with Crippen LogP contribution in [0.15, 0.2) is 78.0 Å². The molecule has 34 heavy (non-hydrogen) atoms. The van der Waals surface area contributed by atoms with Crippen LogP contribution in [0.3, 0.4) is 0 Å². The van der Waals surface area contributed by atoms with E-state index in [2.05, 4.69) is 5.16 Å². The maximum absolute atomic E-state index is 13.7. The molecule has 0 saturated heterocycles. The summed E-state index contributed by atoms with van der Waals surface area (Å²) in [4.78, 5) is 20.1. The van der Waals surface area contributed by atoms with E-state index in [0.717, 1.165) is 23.8 Å². The van der Waals surface area contributed by atoms with E-state index in [1.165, 1.54) is 35.2 Å². The van der Waals surface area contributed by atoms with E-state index in [4.69, 9.17) is 16.4 Å². The van der Waals surface area contributed by atoms with E-state index >= 15 is 0 Å². The number of halogens is 5. The fraction of sp³-hybridized carbons (Fsp3) is 0.200. The van der Waals surface area contributed by atoms with Crippen molar-refractivity contribution in [3.8, 4) is 0 Å². The van der Waals surface area contributed by atoms with Crippen molar-refractivity contribution in [1.82, 2.24) is 4.90 Å². The van der Waals surface area contributed by atoms with E-state index in [9.17, 15) is 22.4 Å². The summed E-state index contributed by atoms with van der Waals surface area (Å²) in [7, 11) is 0. The molecular weight excluding hydrogens is 472 g/mol. The Labute approximate surface area is 198 Å². The van der Waals surface area contributed by atoms with Gasteiger partial charge in [0.1, 0.15) is 5.82 Å². The average molecular weight is 491 g/mol.